The molecule has 3 heteroatoms. The predicted molar refractivity (Wildman–Crippen MR) is 73.5 cm³/mol. The number of ether oxygens (including phenoxy) is 2. The third-order valence-electron chi connectivity index (χ3n) is 2.61. The van der Waals surface area contributed by atoms with Crippen LogP contribution in [-0.2, 0) is 9.47 Å². The maximum absolute atomic E-state index is 4.94. The fourth-order valence-corrected chi connectivity index (χ4v) is 1.52. The van der Waals surface area contributed by atoms with Crippen LogP contribution in [0.25, 0.3) is 0 Å². The van der Waals surface area contributed by atoms with E-state index >= 15 is 0 Å². The molecule has 0 aromatic rings. The van der Waals surface area contributed by atoms with Crippen molar-refractivity contribution >= 4 is 0 Å². The van der Waals surface area contributed by atoms with Crippen LogP contribution in [0.1, 0.15) is 65.2 Å². The lowest BCUT2D eigenvalue weighted by atomic mass is 10.2. The molecule has 2 aliphatic rings. The van der Waals surface area contributed by atoms with Gasteiger partial charge in [-0.1, -0.05) is 39.5 Å². The highest BCUT2D eigenvalue weighted by atomic mass is 16.5. The summed E-state index contributed by atoms with van der Waals surface area (Å²) in [5, 5.41) is 0. The summed E-state index contributed by atoms with van der Waals surface area (Å²) in [7, 11) is 0. The summed E-state index contributed by atoms with van der Waals surface area (Å²) >= 11 is 0. The van der Waals surface area contributed by atoms with E-state index in [0.29, 0.717) is 0 Å². The van der Waals surface area contributed by atoms with E-state index in [9.17, 15) is 0 Å². The van der Waals surface area contributed by atoms with Crippen molar-refractivity contribution in [3.63, 3.8) is 0 Å². The van der Waals surface area contributed by atoms with Crippen LogP contribution in [0.15, 0.2) is 0 Å². The molecule has 0 bridgehead atoms. The van der Waals surface area contributed by atoms with Gasteiger partial charge < -0.3 is 14.9 Å². The van der Waals surface area contributed by atoms with Gasteiger partial charge >= 0.3 is 0 Å². The van der Waals surface area contributed by atoms with Gasteiger partial charge in [0.1, 0.15) is 0 Å². The van der Waals surface area contributed by atoms with Crippen LogP contribution >= 0.6 is 0 Å². The number of hydrogen-bond donors (Lipinski definition) is 0. The van der Waals surface area contributed by atoms with E-state index < -0.39 is 0 Å². The number of hydrogen-bond acceptors (Lipinski definition) is 2. The van der Waals surface area contributed by atoms with Gasteiger partial charge in [0, 0.05) is 26.4 Å². The Labute approximate surface area is 107 Å². The highest BCUT2D eigenvalue weighted by molar-refractivity contribution is 4.44. The molecule has 2 fully saturated rings. The Balaban J connectivity index is 0. The van der Waals surface area contributed by atoms with Gasteiger partial charge in [0.2, 0.25) is 0 Å². The monoisotopic (exact) mass is 248 g/mol. The largest absolute Gasteiger partial charge is 0.412 e. The van der Waals surface area contributed by atoms with Crippen molar-refractivity contribution in [2.24, 2.45) is 0 Å². The molecule has 0 aliphatic carbocycles. The molecule has 0 aromatic heterocycles. The van der Waals surface area contributed by atoms with Crippen LogP contribution in [0.2, 0.25) is 0 Å². The Morgan fingerprint density at radius 2 is 0.941 bits per heavy atom. The van der Waals surface area contributed by atoms with Crippen LogP contribution in [0.4, 0.5) is 0 Å². The summed E-state index contributed by atoms with van der Waals surface area (Å²) in [4.78, 5) is 0. The van der Waals surface area contributed by atoms with E-state index in [0.717, 1.165) is 26.4 Å². The molecule has 0 saturated carbocycles. The maximum Gasteiger partial charge on any atom is 0.0466 e. The van der Waals surface area contributed by atoms with E-state index in [-0.39, 0.29) is 5.48 Å². The molecule has 0 unspecified atom stereocenters. The summed E-state index contributed by atoms with van der Waals surface area (Å²) in [5.41, 5.74) is 0. The fraction of sp³-hybridized carbons (Fsp3) is 1.00. The number of unbranched alkanes of at least 4 members (excludes halogenated alkanes) is 3. The first-order valence-corrected chi connectivity index (χ1v) is 7.07. The van der Waals surface area contributed by atoms with Crippen molar-refractivity contribution in [1.29, 1.82) is 0 Å². The molecule has 0 spiro atoms. The van der Waals surface area contributed by atoms with E-state index in [1.165, 1.54) is 51.4 Å². The first kappa shape index (κ1) is 19.2. The molecule has 0 radical (unpaired) electrons. The topological polar surface area (TPSA) is 50.0 Å². The molecule has 17 heavy (non-hydrogen) atoms. The van der Waals surface area contributed by atoms with E-state index in [4.69, 9.17) is 9.47 Å². The number of rotatable bonds is 3. The molecule has 0 aromatic carbocycles. The maximum atomic E-state index is 4.94. The molecule has 0 amide bonds. The molecule has 0 atom stereocenters. The van der Waals surface area contributed by atoms with Gasteiger partial charge in [-0.15, -0.1) is 0 Å². The van der Waals surface area contributed by atoms with Crippen LogP contribution < -0.4 is 0 Å². The quantitative estimate of drug-likeness (QED) is 0.719. The van der Waals surface area contributed by atoms with Gasteiger partial charge in [-0.3, -0.25) is 0 Å². The third kappa shape index (κ3) is 18.4. The van der Waals surface area contributed by atoms with Gasteiger partial charge in [-0.05, 0) is 25.7 Å². The molecular weight excluding hydrogens is 216 g/mol. The minimum Gasteiger partial charge on any atom is -0.412 e. The summed E-state index contributed by atoms with van der Waals surface area (Å²) in [6.07, 6.45) is 10.6. The van der Waals surface area contributed by atoms with E-state index in [1.54, 1.807) is 0 Å². The minimum atomic E-state index is 0. The highest BCUT2D eigenvalue weighted by Gasteiger charge is 1.95. The molecule has 3 nitrogen and oxygen atoms in total. The molecular formula is C14H32O3. The highest BCUT2D eigenvalue weighted by Crippen LogP contribution is 1.98. The third-order valence-corrected chi connectivity index (χ3v) is 2.61. The lowest BCUT2D eigenvalue weighted by Crippen LogP contribution is -1.74. The Kier molecular flexibility index (Phi) is 20.6. The summed E-state index contributed by atoms with van der Waals surface area (Å²) in [6, 6.07) is 0. The van der Waals surface area contributed by atoms with Crippen molar-refractivity contribution in [1.82, 2.24) is 0 Å². The average Bonchev–Trinajstić information content (AvgIpc) is 3.00. The van der Waals surface area contributed by atoms with E-state index in [2.05, 4.69) is 13.8 Å². The van der Waals surface area contributed by atoms with Crippen LogP contribution in [0.3, 0.4) is 0 Å². The van der Waals surface area contributed by atoms with Crippen LogP contribution in [0.5, 0.6) is 0 Å². The smallest absolute Gasteiger partial charge is 0.0466 e. The van der Waals surface area contributed by atoms with Gasteiger partial charge in [0.25, 0.3) is 0 Å². The van der Waals surface area contributed by atoms with Crippen molar-refractivity contribution < 1.29 is 14.9 Å². The average molecular weight is 248 g/mol. The van der Waals surface area contributed by atoms with Crippen LogP contribution in [0, 0.1) is 0 Å². The summed E-state index contributed by atoms with van der Waals surface area (Å²) < 4.78 is 9.89. The first-order chi connectivity index (χ1) is 7.91. The lowest BCUT2D eigenvalue weighted by molar-refractivity contribution is 0.198. The van der Waals surface area contributed by atoms with Gasteiger partial charge in [0.15, 0.2) is 0 Å². The molecule has 2 heterocycles. The first-order valence-electron chi connectivity index (χ1n) is 7.07. The SMILES string of the molecule is C1CCOC1.C1CCOC1.CCCCCC.O. The minimum absolute atomic E-state index is 0. The van der Waals surface area contributed by atoms with Crippen molar-refractivity contribution in [2.75, 3.05) is 26.4 Å². The molecule has 2 saturated heterocycles. The Morgan fingerprint density at radius 1 is 0.647 bits per heavy atom. The Hall–Kier alpha value is -0.120. The molecule has 2 N–H and O–H groups in total. The van der Waals surface area contributed by atoms with Crippen molar-refractivity contribution in [3.05, 3.63) is 0 Å². The lowest BCUT2D eigenvalue weighted by Gasteiger charge is -1.86. The fourth-order valence-electron chi connectivity index (χ4n) is 1.52. The molecule has 2 aliphatic heterocycles. The normalized spacial score (nSPS) is 17.3. The molecule has 106 valence electrons. The van der Waals surface area contributed by atoms with E-state index in [1.807, 2.05) is 0 Å². The molecule has 2 rings (SSSR count). The zero-order chi connectivity index (χ0) is 11.9. The standard InChI is InChI=1S/C6H14.2C4H8O.H2O/c1-3-5-6-4-2;2*1-2-4-5-3-1;/h3-6H2,1-2H3;2*1-4H2;1H2. The second kappa shape index (κ2) is 18.3. The second-order valence-corrected chi connectivity index (χ2v) is 4.35. The Bertz CT molecular complexity index is 80.8. The van der Waals surface area contributed by atoms with Gasteiger partial charge in [0.05, 0.1) is 0 Å². The summed E-state index contributed by atoms with van der Waals surface area (Å²) in [6.45, 7) is 8.46. The Morgan fingerprint density at radius 3 is 1.06 bits per heavy atom. The predicted octanol–water partition coefficient (Wildman–Crippen LogP) is 3.36. The van der Waals surface area contributed by atoms with Crippen molar-refractivity contribution in [2.45, 2.75) is 65.2 Å². The zero-order valence-electron chi connectivity index (χ0n) is 11.8. The second-order valence-electron chi connectivity index (χ2n) is 4.35. The zero-order valence-corrected chi connectivity index (χ0v) is 11.8. The summed E-state index contributed by atoms with van der Waals surface area (Å²) in [5.74, 6) is 0. The van der Waals surface area contributed by atoms with Gasteiger partial charge in [-0.2, -0.15) is 0 Å². The van der Waals surface area contributed by atoms with Gasteiger partial charge in [-0.25, -0.2) is 0 Å². The van der Waals surface area contributed by atoms with Crippen molar-refractivity contribution in [3.8, 4) is 0 Å². The van der Waals surface area contributed by atoms with Crippen LogP contribution in [-0.4, -0.2) is 31.9 Å².